The van der Waals surface area contributed by atoms with Crippen LogP contribution in [0, 0.1) is 0 Å². The van der Waals surface area contributed by atoms with Crippen molar-refractivity contribution >= 4 is 23.2 Å². The van der Waals surface area contributed by atoms with E-state index in [4.69, 9.17) is 11.6 Å². The number of nitrogens with one attached hydrogen (secondary N) is 1. The monoisotopic (exact) mass is 359 g/mol. The Hall–Kier alpha value is -2.54. The molecule has 0 aromatic carbocycles. The van der Waals surface area contributed by atoms with Gasteiger partial charge >= 0.3 is 0 Å². The zero-order valence-corrected chi connectivity index (χ0v) is 15.4. The highest BCUT2D eigenvalue weighted by Gasteiger charge is 2.10. The average Bonchev–Trinajstić information content (AvgIpc) is 3.14. The number of hydrogen-bond donors (Lipinski definition) is 1. The molecule has 0 spiro atoms. The largest absolute Gasteiger partial charge is 0.356 e. The van der Waals surface area contributed by atoms with Crippen LogP contribution in [0.1, 0.15) is 11.5 Å². The van der Waals surface area contributed by atoms with Gasteiger partial charge in [0.1, 0.15) is 5.82 Å². The summed E-state index contributed by atoms with van der Waals surface area (Å²) in [7, 11) is 5.77. The van der Waals surface area contributed by atoms with Gasteiger partial charge < -0.3 is 14.8 Å². The quantitative estimate of drug-likeness (QED) is 0.559. The molecule has 0 aliphatic carbocycles. The van der Waals surface area contributed by atoms with Gasteiger partial charge in [-0.1, -0.05) is 17.7 Å². The average molecular weight is 360 g/mol. The third kappa shape index (κ3) is 3.93. The summed E-state index contributed by atoms with van der Waals surface area (Å²) >= 11 is 6.05. The van der Waals surface area contributed by atoms with Crippen molar-refractivity contribution in [2.75, 3.05) is 20.6 Å². The molecule has 3 rings (SSSR count). The van der Waals surface area contributed by atoms with Gasteiger partial charge in [-0.3, -0.25) is 9.39 Å². The van der Waals surface area contributed by atoms with Gasteiger partial charge in [0.15, 0.2) is 11.6 Å². The number of nitrogens with zero attached hydrogens (tertiary/aromatic N) is 6. The van der Waals surface area contributed by atoms with E-state index in [0.29, 0.717) is 0 Å². The van der Waals surface area contributed by atoms with Crippen LogP contribution in [0.25, 0.3) is 5.65 Å². The lowest BCUT2D eigenvalue weighted by molar-refractivity contribution is 0.462. The molecule has 25 heavy (non-hydrogen) atoms. The van der Waals surface area contributed by atoms with Gasteiger partial charge in [0, 0.05) is 52.2 Å². The first-order chi connectivity index (χ1) is 12.1. The van der Waals surface area contributed by atoms with Crippen LogP contribution in [0.3, 0.4) is 0 Å². The summed E-state index contributed by atoms with van der Waals surface area (Å²) in [5.41, 5.74) is 1.98. The lowest BCUT2D eigenvalue weighted by Gasteiger charge is -2.22. The molecule has 132 valence electrons. The third-order valence-electron chi connectivity index (χ3n) is 4.06. The van der Waals surface area contributed by atoms with Crippen molar-refractivity contribution in [3.8, 4) is 0 Å². The first-order valence-electron chi connectivity index (χ1n) is 8.09. The van der Waals surface area contributed by atoms with E-state index in [-0.39, 0.29) is 0 Å². The van der Waals surface area contributed by atoms with Crippen molar-refractivity contribution in [3.05, 3.63) is 53.2 Å². The van der Waals surface area contributed by atoms with Crippen LogP contribution in [-0.4, -0.2) is 50.7 Å². The van der Waals surface area contributed by atoms with Crippen molar-refractivity contribution in [2.45, 2.75) is 13.0 Å². The molecule has 1 N–H and O–H groups in total. The molecule has 0 aliphatic rings. The lowest BCUT2D eigenvalue weighted by atomic mass is 10.3. The fourth-order valence-corrected chi connectivity index (χ4v) is 3.05. The van der Waals surface area contributed by atoms with Crippen molar-refractivity contribution in [1.82, 2.24) is 29.4 Å². The van der Waals surface area contributed by atoms with Crippen LogP contribution < -0.4 is 5.32 Å². The minimum Gasteiger partial charge on any atom is -0.356 e. The number of guanidine groups is 1. The van der Waals surface area contributed by atoms with E-state index >= 15 is 0 Å². The standard InChI is InChI=1S/C17H22ClN7/c1-19-17(24(3)12-14-10-13(18)11-23(14)2)20-8-7-16-22-21-15-6-4-5-9-25(15)16/h4-6,9-11H,7-8,12H2,1-3H3,(H,19,20). The van der Waals surface area contributed by atoms with E-state index in [1.165, 1.54) is 0 Å². The van der Waals surface area contributed by atoms with Gasteiger partial charge in [0.25, 0.3) is 0 Å². The number of hydrogen-bond acceptors (Lipinski definition) is 3. The van der Waals surface area contributed by atoms with Crippen LogP contribution >= 0.6 is 11.6 Å². The Kier molecular flexibility index (Phi) is 5.23. The minimum atomic E-state index is 0.719. The number of rotatable bonds is 5. The first-order valence-corrected chi connectivity index (χ1v) is 8.47. The number of halogens is 1. The summed E-state index contributed by atoms with van der Waals surface area (Å²) in [5.74, 6) is 1.75. The number of aryl methyl sites for hydroxylation is 1. The van der Waals surface area contributed by atoms with E-state index in [1.54, 1.807) is 7.05 Å². The molecule has 7 nitrogen and oxygen atoms in total. The molecule has 8 heteroatoms. The normalized spacial score (nSPS) is 11.9. The van der Waals surface area contributed by atoms with Crippen LogP contribution in [0.4, 0.5) is 0 Å². The van der Waals surface area contributed by atoms with Crippen molar-refractivity contribution < 1.29 is 0 Å². The summed E-state index contributed by atoms with van der Waals surface area (Å²) in [4.78, 5) is 6.41. The van der Waals surface area contributed by atoms with E-state index in [1.807, 2.05) is 59.7 Å². The van der Waals surface area contributed by atoms with Crippen LogP contribution in [0.5, 0.6) is 0 Å². The molecule has 0 fully saturated rings. The number of aliphatic imine (C=N–C) groups is 1. The van der Waals surface area contributed by atoms with E-state index in [9.17, 15) is 0 Å². The zero-order chi connectivity index (χ0) is 17.8. The predicted octanol–water partition coefficient (Wildman–Crippen LogP) is 1.97. The summed E-state index contributed by atoms with van der Waals surface area (Å²) in [6, 6.07) is 7.85. The van der Waals surface area contributed by atoms with Crippen LogP contribution in [-0.2, 0) is 20.0 Å². The number of aromatic nitrogens is 4. The third-order valence-corrected chi connectivity index (χ3v) is 4.27. The van der Waals surface area contributed by atoms with E-state index < -0.39 is 0 Å². The molecule has 0 saturated heterocycles. The van der Waals surface area contributed by atoms with E-state index in [0.717, 1.165) is 47.7 Å². The highest BCUT2D eigenvalue weighted by molar-refractivity contribution is 6.30. The molecule has 3 aromatic rings. The molecule has 3 heterocycles. The van der Waals surface area contributed by atoms with Crippen LogP contribution in [0.15, 0.2) is 41.7 Å². The van der Waals surface area contributed by atoms with Crippen molar-refractivity contribution in [2.24, 2.45) is 12.0 Å². The summed E-state index contributed by atoms with van der Waals surface area (Å²) in [6.45, 7) is 1.44. The Balaban J connectivity index is 1.58. The van der Waals surface area contributed by atoms with E-state index in [2.05, 4.69) is 25.4 Å². The molecular formula is C17H22ClN7. The Morgan fingerprint density at radius 2 is 2.20 bits per heavy atom. The van der Waals surface area contributed by atoms with Gasteiger partial charge in [-0.25, -0.2) is 0 Å². The summed E-state index contributed by atoms with van der Waals surface area (Å²) in [6.07, 6.45) is 4.64. The second-order valence-electron chi connectivity index (χ2n) is 5.89. The Morgan fingerprint density at radius 1 is 1.36 bits per heavy atom. The maximum absolute atomic E-state index is 6.05. The number of fused-ring (bicyclic) bond motifs is 1. The molecule has 0 aliphatic heterocycles. The molecular weight excluding hydrogens is 338 g/mol. The topological polar surface area (TPSA) is 62.8 Å². The molecule has 0 atom stereocenters. The highest BCUT2D eigenvalue weighted by atomic mass is 35.5. The second-order valence-corrected chi connectivity index (χ2v) is 6.32. The molecule has 3 aromatic heterocycles. The molecule has 0 amide bonds. The van der Waals surface area contributed by atoms with Crippen molar-refractivity contribution in [3.63, 3.8) is 0 Å². The first kappa shape index (κ1) is 17.3. The number of pyridine rings is 1. The molecule has 0 unspecified atom stereocenters. The molecule has 0 saturated carbocycles. The Bertz CT molecular complexity index is 880. The maximum atomic E-state index is 6.05. The van der Waals surface area contributed by atoms with Gasteiger partial charge in [-0.05, 0) is 18.2 Å². The minimum absolute atomic E-state index is 0.719. The second kappa shape index (κ2) is 7.57. The fraction of sp³-hybridized carbons (Fsp3) is 0.353. The highest BCUT2D eigenvalue weighted by Crippen LogP contribution is 2.14. The SMILES string of the molecule is CN=C(NCCc1nnc2ccccn12)N(C)Cc1cc(Cl)cn1C. The van der Waals surface area contributed by atoms with Crippen LogP contribution in [0.2, 0.25) is 5.02 Å². The Labute approximate surface area is 151 Å². The fourth-order valence-electron chi connectivity index (χ4n) is 2.77. The summed E-state index contributed by atoms with van der Waals surface area (Å²) < 4.78 is 4.02. The smallest absolute Gasteiger partial charge is 0.193 e. The van der Waals surface area contributed by atoms with Crippen molar-refractivity contribution in [1.29, 1.82) is 0 Å². The predicted molar refractivity (Wildman–Crippen MR) is 99.9 cm³/mol. The zero-order valence-electron chi connectivity index (χ0n) is 14.6. The molecule has 0 radical (unpaired) electrons. The van der Waals surface area contributed by atoms with Gasteiger partial charge in [-0.15, -0.1) is 10.2 Å². The van der Waals surface area contributed by atoms with Gasteiger partial charge in [0.05, 0.1) is 11.6 Å². The van der Waals surface area contributed by atoms with Gasteiger partial charge in [-0.2, -0.15) is 0 Å². The summed E-state index contributed by atoms with van der Waals surface area (Å²) in [5, 5.41) is 12.5. The maximum Gasteiger partial charge on any atom is 0.193 e. The molecule has 0 bridgehead atoms. The Morgan fingerprint density at radius 3 is 2.92 bits per heavy atom. The van der Waals surface area contributed by atoms with Gasteiger partial charge in [0.2, 0.25) is 0 Å². The lowest BCUT2D eigenvalue weighted by Crippen LogP contribution is -2.39.